The van der Waals surface area contributed by atoms with Gasteiger partial charge in [-0.25, -0.2) is 0 Å². The summed E-state index contributed by atoms with van der Waals surface area (Å²) < 4.78 is 1.23. The molecule has 1 aromatic rings. The highest BCUT2D eigenvalue weighted by Crippen LogP contribution is 2.63. The van der Waals surface area contributed by atoms with Gasteiger partial charge in [-0.2, -0.15) is 0 Å². The number of piperidine rings is 1. The number of unbranched alkanes of at least 4 members (excludes halogenated alkanes) is 1. The van der Waals surface area contributed by atoms with Gasteiger partial charge in [0.05, 0.1) is 18.5 Å². The highest BCUT2D eigenvalue weighted by atomic mass is 16.1. The van der Waals surface area contributed by atoms with Gasteiger partial charge in [0.15, 0.2) is 0 Å². The molecule has 0 saturated carbocycles. The highest BCUT2D eigenvalue weighted by molar-refractivity contribution is 5.84. The van der Waals surface area contributed by atoms with Crippen LogP contribution in [0.2, 0.25) is 0 Å². The van der Waals surface area contributed by atoms with Gasteiger partial charge < -0.3 is 9.80 Å². The summed E-state index contributed by atoms with van der Waals surface area (Å²) in [7, 11) is 0. The lowest BCUT2D eigenvalue weighted by Crippen LogP contribution is -2.63. The third-order valence-electron chi connectivity index (χ3n) is 7.82. The number of hydrogen-bond acceptors (Lipinski definition) is 2. The van der Waals surface area contributed by atoms with Gasteiger partial charge in [-0.05, 0) is 30.5 Å². The number of para-hydroxylation sites is 1. The zero-order chi connectivity index (χ0) is 17.9. The van der Waals surface area contributed by atoms with Crippen LogP contribution < -0.4 is 5.32 Å². The average Bonchev–Trinajstić information content (AvgIpc) is 3.20. The number of anilines is 1. The van der Waals surface area contributed by atoms with Crippen molar-refractivity contribution in [1.29, 1.82) is 0 Å². The fourth-order valence-electron chi connectivity index (χ4n) is 6.70. The van der Waals surface area contributed by atoms with Crippen molar-refractivity contribution in [2.24, 2.45) is 5.92 Å². The number of aldehydes is 1. The Morgan fingerprint density at radius 3 is 2.96 bits per heavy atom. The Balaban J connectivity index is 1.76. The number of allylic oxidation sites excluding steroid dienone is 2. The number of quaternary nitrogens is 1. The number of rotatable bonds is 4. The van der Waals surface area contributed by atoms with Crippen LogP contribution in [0.15, 0.2) is 47.2 Å². The summed E-state index contributed by atoms with van der Waals surface area (Å²) in [5.74, 6) is 0.318. The van der Waals surface area contributed by atoms with Gasteiger partial charge in [-0.15, -0.1) is 0 Å². The second-order valence-corrected chi connectivity index (χ2v) is 8.69. The number of fused-ring (bicyclic) bond motifs is 2. The van der Waals surface area contributed by atoms with Gasteiger partial charge in [0, 0.05) is 35.7 Å². The van der Waals surface area contributed by atoms with Crippen molar-refractivity contribution in [3.8, 4) is 0 Å². The van der Waals surface area contributed by atoms with Crippen molar-refractivity contribution in [2.75, 3.05) is 25.0 Å². The summed E-state index contributed by atoms with van der Waals surface area (Å²) in [6.45, 7) is 8.12. The Bertz CT molecular complexity index is 838. The van der Waals surface area contributed by atoms with Crippen LogP contribution in [-0.4, -0.2) is 36.4 Å². The van der Waals surface area contributed by atoms with E-state index in [1.807, 2.05) is 0 Å². The molecule has 3 nitrogen and oxygen atoms in total. The molecule has 1 spiro atoms. The molecule has 0 aromatic heterocycles. The first-order chi connectivity index (χ1) is 12.7. The average molecular weight is 349 g/mol. The molecular formula is C23H29N2O+. The van der Waals surface area contributed by atoms with Crippen molar-refractivity contribution in [1.82, 2.24) is 0 Å². The minimum atomic E-state index is 0.0380. The Labute approximate surface area is 156 Å². The van der Waals surface area contributed by atoms with Crippen LogP contribution >= 0.6 is 0 Å². The summed E-state index contributed by atoms with van der Waals surface area (Å²) in [5, 5.41) is 3.71. The van der Waals surface area contributed by atoms with Gasteiger partial charge in [0.2, 0.25) is 0 Å². The Hall–Kier alpha value is -1.87. The van der Waals surface area contributed by atoms with Gasteiger partial charge in [-0.3, -0.25) is 4.79 Å². The molecule has 1 aliphatic carbocycles. The summed E-state index contributed by atoms with van der Waals surface area (Å²) in [6, 6.07) is 9.39. The lowest BCUT2D eigenvalue weighted by molar-refractivity contribution is -0.941. The van der Waals surface area contributed by atoms with Crippen LogP contribution in [-0.2, 0) is 10.2 Å². The summed E-state index contributed by atoms with van der Waals surface area (Å²) in [5.41, 5.74) is 6.47. The fraction of sp³-hybridized carbons (Fsp3) is 0.522. The number of carbonyl (C=O) groups excluding carboxylic acids is 1. The van der Waals surface area contributed by atoms with E-state index in [4.69, 9.17) is 0 Å². The van der Waals surface area contributed by atoms with Crippen LogP contribution in [0.1, 0.15) is 45.1 Å². The maximum Gasteiger partial charge on any atom is 0.148 e. The SMILES string of the molecule is C/C=C1/C[N+]2(CCCC)CC[C@@]34C(=C(C=O)[C@H]1C[C@@H]32)Nc1ccccc14. The van der Waals surface area contributed by atoms with Crippen LogP contribution in [0.25, 0.3) is 0 Å². The number of benzene rings is 1. The van der Waals surface area contributed by atoms with Crippen molar-refractivity contribution in [2.45, 2.75) is 51.0 Å². The molecule has 2 saturated heterocycles. The van der Waals surface area contributed by atoms with Crippen LogP contribution in [0, 0.1) is 5.92 Å². The largest absolute Gasteiger partial charge is 0.357 e. The number of hydrogen-bond donors (Lipinski definition) is 1. The maximum atomic E-state index is 12.2. The number of nitrogens with zero attached hydrogens (tertiary/aromatic N) is 1. The van der Waals surface area contributed by atoms with Gasteiger partial charge in [0.25, 0.3) is 0 Å². The van der Waals surface area contributed by atoms with E-state index in [1.54, 1.807) is 0 Å². The monoisotopic (exact) mass is 349 g/mol. The molecular weight excluding hydrogens is 320 g/mol. The molecule has 1 unspecified atom stereocenters. The predicted octanol–water partition coefficient (Wildman–Crippen LogP) is 4.17. The Kier molecular flexibility index (Phi) is 3.49. The number of nitrogens with one attached hydrogen (secondary N) is 1. The van der Waals surface area contributed by atoms with Crippen LogP contribution in [0.4, 0.5) is 5.69 Å². The molecule has 0 radical (unpaired) electrons. The minimum absolute atomic E-state index is 0.0380. The van der Waals surface area contributed by atoms with Gasteiger partial charge >= 0.3 is 0 Å². The minimum Gasteiger partial charge on any atom is -0.357 e. The Morgan fingerprint density at radius 2 is 2.19 bits per heavy atom. The third-order valence-corrected chi connectivity index (χ3v) is 7.82. The maximum absolute atomic E-state index is 12.2. The first kappa shape index (κ1) is 16.3. The molecule has 2 bridgehead atoms. The smallest absolute Gasteiger partial charge is 0.148 e. The zero-order valence-corrected chi connectivity index (χ0v) is 15.9. The Morgan fingerprint density at radius 1 is 1.35 bits per heavy atom. The fourth-order valence-corrected chi connectivity index (χ4v) is 6.70. The zero-order valence-electron chi connectivity index (χ0n) is 15.9. The molecule has 0 amide bonds. The molecule has 3 heteroatoms. The molecule has 136 valence electrons. The first-order valence-corrected chi connectivity index (χ1v) is 10.3. The van der Waals surface area contributed by atoms with Crippen LogP contribution in [0.5, 0.6) is 0 Å². The second kappa shape index (κ2) is 5.56. The van der Waals surface area contributed by atoms with Crippen molar-refractivity contribution in [3.63, 3.8) is 0 Å². The van der Waals surface area contributed by atoms with E-state index in [1.165, 1.54) is 59.4 Å². The molecule has 4 aliphatic rings. The van der Waals surface area contributed by atoms with Crippen LogP contribution in [0.3, 0.4) is 0 Å². The van der Waals surface area contributed by atoms with E-state index in [9.17, 15) is 4.79 Å². The van der Waals surface area contributed by atoms with E-state index >= 15 is 0 Å². The molecule has 2 fully saturated rings. The van der Waals surface area contributed by atoms with Crippen molar-refractivity contribution >= 4 is 12.0 Å². The molecule has 3 heterocycles. The third kappa shape index (κ3) is 1.80. The molecule has 1 aromatic carbocycles. The van der Waals surface area contributed by atoms with E-state index in [-0.39, 0.29) is 5.41 Å². The first-order valence-electron chi connectivity index (χ1n) is 10.3. The molecule has 1 N–H and O–H groups in total. The lowest BCUT2D eigenvalue weighted by Gasteiger charge is -2.53. The topological polar surface area (TPSA) is 29.1 Å². The quantitative estimate of drug-likeness (QED) is 0.502. The van der Waals surface area contributed by atoms with Gasteiger partial charge in [0.1, 0.15) is 18.9 Å². The van der Waals surface area contributed by atoms with E-state index in [0.29, 0.717) is 12.0 Å². The number of carbonyl (C=O) groups is 1. The normalized spacial score (nSPS) is 38.2. The van der Waals surface area contributed by atoms with Gasteiger partial charge in [-0.1, -0.05) is 37.6 Å². The molecule has 4 atom stereocenters. The van der Waals surface area contributed by atoms with E-state index in [0.717, 1.165) is 24.8 Å². The summed E-state index contributed by atoms with van der Waals surface area (Å²) >= 11 is 0. The van der Waals surface area contributed by atoms with Crippen molar-refractivity contribution in [3.05, 3.63) is 52.7 Å². The standard InChI is InChI=1S/C23H28N2O/c1-3-5-11-25-12-10-23-19-8-6-7-9-20(19)24-22(23)18(15-26)17(13-21(23)25)16(4-2)14-25/h4,6-9,15,17,21H,3,5,10-14H2,1-2H3/p+1/b16-4-/t17-,21-,23-,25?/m0/s1. The molecule has 26 heavy (non-hydrogen) atoms. The second-order valence-electron chi connectivity index (χ2n) is 8.69. The van der Waals surface area contributed by atoms with Crippen molar-refractivity contribution < 1.29 is 9.28 Å². The molecule has 3 aliphatic heterocycles. The summed E-state index contributed by atoms with van der Waals surface area (Å²) in [6.07, 6.45) is 8.31. The summed E-state index contributed by atoms with van der Waals surface area (Å²) in [4.78, 5) is 12.2. The predicted molar refractivity (Wildman–Crippen MR) is 105 cm³/mol. The van der Waals surface area contributed by atoms with E-state index < -0.39 is 0 Å². The highest BCUT2D eigenvalue weighted by Gasteiger charge is 2.68. The molecule has 5 rings (SSSR count). The van der Waals surface area contributed by atoms with E-state index in [2.05, 4.69) is 49.5 Å². The lowest BCUT2D eigenvalue weighted by atomic mass is 9.61.